The number of amides is 1. The number of benzene rings is 2. The number of esters is 1. The van der Waals surface area contributed by atoms with Crippen LogP contribution >= 0.6 is 11.6 Å². The first kappa shape index (κ1) is 24.6. The second-order valence-corrected chi connectivity index (χ2v) is 8.11. The van der Waals surface area contributed by atoms with Crippen molar-refractivity contribution >= 4 is 23.5 Å². The molecule has 1 unspecified atom stereocenters. The van der Waals surface area contributed by atoms with Crippen molar-refractivity contribution in [2.24, 2.45) is 0 Å². The average molecular weight is 482 g/mol. The van der Waals surface area contributed by atoms with E-state index >= 15 is 0 Å². The highest BCUT2D eigenvalue weighted by Crippen LogP contribution is 2.43. The molecule has 3 rings (SSSR count). The van der Waals surface area contributed by atoms with E-state index in [0.29, 0.717) is 12.8 Å². The summed E-state index contributed by atoms with van der Waals surface area (Å²) in [5.74, 6) is -3.43. The van der Waals surface area contributed by atoms with E-state index in [-0.39, 0.29) is 16.6 Å². The Bertz CT molecular complexity index is 1090. The van der Waals surface area contributed by atoms with E-state index < -0.39 is 46.7 Å². The van der Waals surface area contributed by atoms with Gasteiger partial charge >= 0.3 is 12.1 Å². The largest absolute Gasteiger partial charge is 0.417 e. The summed E-state index contributed by atoms with van der Waals surface area (Å²) in [4.78, 5) is 25.1. The van der Waals surface area contributed by atoms with Crippen LogP contribution < -0.4 is 10.1 Å². The van der Waals surface area contributed by atoms with Crippen LogP contribution in [-0.4, -0.2) is 17.9 Å². The number of hydrogen-bond acceptors (Lipinski definition) is 3. The van der Waals surface area contributed by atoms with Crippen molar-refractivity contribution in [3.63, 3.8) is 0 Å². The quantitative estimate of drug-likeness (QED) is 0.198. The molecule has 1 aliphatic rings. The summed E-state index contributed by atoms with van der Waals surface area (Å²) < 4.78 is 61.2. The highest BCUT2D eigenvalue weighted by molar-refractivity contribution is 6.30. The fourth-order valence-electron chi connectivity index (χ4n) is 3.98. The van der Waals surface area contributed by atoms with E-state index in [1.807, 2.05) is 0 Å². The van der Waals surface area contributed by atoms with Gasteiger partial charge in [-0.2, -0.15) is 13.2 Å². The molecule has 2 aromatic carbocycles. The van der Waals surface area contributed by atoms with E-state index in [0.717, 1.165) is 49.6 Å². The second kappa shape index (κ2) is 10.3. The Morgan fingerprint density at radius 3 is 2.45 bits per heavy atom. The third kappa shape index (κ3) is 5.85. The number of carbonyl (C=O) groups excluding carboxylic acids is 2. The van der Waals surface area contributed by atoms with Crippen LogP contribution in [0.5, 0.6) is 5.75 Å². The molecule has 0 aliphatic heterocycles. The van der Waals surface area contributed by atoms with Crippen LogP contribution in [0.3, 0.4) is 0 Å². The van der Waals surface area contributed by atoms with E-state index in [2.05, 4.69) is 5.32 Å². The highest BCUT2D eigenvalue weighted by atomic mass is 35.5. The first-order valence-electron chi connectivity index (χ1n) is 10.3. The summed E-state index contributed by atoms with van der Waals surface area (Å²) in [7, 11) is 0. The van der Waals surface area contributed by atoms with Gasteiger partial charge in [0.15, 0.2) is 0 Å². The highest BCUT2D eigenvalue weighted by Gasteiger charge is 2.40. The van der Waals surface area contributed by atoms with Crippen LogP contribution in [0, 0.1) is 18.2 Å². The number of terminal acetylenes is 1. The lowest BCUT2D eigenvalue weighted by Gasteiger charge is -2.28. The predicted octanol–water partition coefficient (Wildman–Crippen LogP) is 5.62. The predicted molar refractivity (Wildman–Crippen MR) is 114 cm³/mol. The third-order valence-electron chi connectivity index (χ3n) is 5.47. The zero-order valence-electron chi connectivity index (χ0n) is 17.3. The number of halogens is 5. The van der Waals surface area contributed by atoms with Crippen molar-refractivity contribution in [1.82, 2.24) is 5.32 Å². The van der Waals surface area contributed by atoms with Crippen molar-refractivity contribution in [3.8, 4) is 18.1 Å². The lowest BCUT2D eigenvalue weighted by molar-refractivity contribution is -0.139. The van der Waals surface area contributed by atoms with Crippen LogP contribution in [0.2, 0.25) is 5.02 Å². The molecule has 0 spiro atoms. The molecule has 174 valence electrons. The van der Waals surface area contributed by atoms with E-state index in [1.165, 1.54) is 6.07 Å². The molecule has 2 aromatic rings. The molecule has 33 heavy (non-hydrogen) atoms. The molecule has 4 nitrogen and oxygen atoms in total. The monoisotopic (exact) mass is 481 g/mol. The molecule has 1 aliphatic carbocycles. The number of alkyl halides is 3. The lowest BCUT2D eigenvalue weighted by atomic mass is 9.85. The topological polar surface area (TPSA) is 55.4 Å². The van der Waals surface area contributed by atoms with Gasteiger partial charge in [0, 0.05) is 17.5 Å². The standard InChI is InChI=1S/C24H20ClF4NO3/c1-2-20(31)33-19-10-6-9-16(24(27,28)29)22(19)21(14-11-12-17(25)18(26)13-14)23(32)30-15-7-4-3-5-8-15/h1,6,9-13,15,21H,3-5,7-8H2,(H,30,32). The van der Waals surface area contributed by atoms with Gasteiger partial charge in [-0.25, -0.2) is 9.18 Å². The van der Waals surface area contributed by atoms with Gasteiger partial charge in [0.2, 0.25) is 5.91 Å². The number of nitrogens with one attached hydrogen (secondary N) is 1. The molecule has 1 N–H and O–H groups in total. The van der Waals surface area contributed by atoms with Crippen LogP contribution in [0.15, 0.2) is 36.4 Å². The summed E-state index contributed by atoms with van der Waals surface area (Å²) in [6, 6.07) is 5.97. The summed E-state index contributed by atoms with van der Waals surface area (Å²) in [5.41, 5.74) is -1.92. The summed E-state index contributed by atoms with van der Waals surface area (Å²) in [5, 5.41) is 2.52. The van der Waals surface area contributed by atoms with Crippen LogP contribution in [-0.2, 0) is 15.8 Å². The van der Waals surface area contributed by atoms with Crippen molar-refractivity contribution in [1.29, 1.82) is 0 Å². The van der Waals surface area contributed by atoms with Gasteiger partial charge < -0.3 is 10.1 Å². The Balaban J connectivity index is 2.20. The average Bonchev–Trinajstić information content (AvgIpc) is 2.77. The minimum absolute atomic E-state index is 0.0834. The van der Waals surface area contributed by atoms with Gasteiger partial charge in [-0.15, -0.1) is 6.42 Å². The van der Waals surface area contributed by atoms with Gasteiger partial charge in [0.05, 0.1) is 16.5 Å². The number of hydrogen-bond donors (Lipinski definition) is 1. The minimum atomic E-state index is -4.90. The number of carbonyl (C=O) groups is 2. The van der Waals surface area contributed by atoms with Crippen molar-refractivity contribution in [3.05, 3.63) is 63.9 Å². The Labute approximate surface area is 193 Å². The first-order valence-corrected chi connectivity index (χ1v) is 10.6. The maximum atomic E-state index is 14.3. The first-order chi connectivity index (χ1) is 15.6. The van der Waals surface area contributed by atoms with Crippen molar-refractivity contribution in [2.75, 3.05) is 0 Å². The SMILES string of the molecule is C#CC(=O)Oc1cccc(C(F)(F)F)c1C(C(=O)NC1CCCCC1)c1ccc(Cl)c(F)c1. The summed E-state index contributed by atoms with van der Waals surface area (Å²) >= 11 is 5.74. The Hall–Kier alpha value is -3.05. The van der Waals surface area contributed by atoms with Crippen molar-refractivity contribution < 1.29 is 31.9 Å². The molecule has 1 saturated carbocycles. The van der Waals surface area contributed by atoms with Crippen molar-refractivity contribution in [2.45, 2.75) is 50.2 Å². The molecular weight excluding hydrogens is 462 g/mol. The van der Waals surface area contributed by atoms with Gasteiger partial charge in [0.25, 0.3) is 0 Å². The van der Waals surface area contributed by atoms with Gasteiger partial charge in [-0.05, 0) is 42.7 Å². The van der Waals surface area contributed by atoms with Crippen LogP contribution in [0.25, 0.3) is 0 Å². The van der Waals surface area contributed by atoms with Crippen LogP contribution in [0.1, 0.15) is 54.7 Å². The fourth-order valence-corrected chi connectivity index (χ4v) is 4.10. The van der Waals surface area contributed by atoms with Gasteiger partial charge in [0.1, 0.15) is 11.6 Å². The maximum absolute atomic E-state index is 14.3. The zero-order chi connectivity index (χ0) is 24.2. The molecule has 0 aromatic heterocycles. The van der Waals surface area contributed by atoms with E-state index in [1.54, 1.807) is 5.92 Å². The molecule has 1 amide bonds. The summed E-state index contributed by atoms with van der Waals surface area (Å²) in [6.07, 6.45) is 4.20. The molecule has 0 heterocycles. The smallest absolute Gasteiger partial charge is 0.416 e. The lowest BCUT2D eigenvalue weighted by Crippen LogP contribution is -2.40. The summed E-state index contributed by atoms with van der Waals surface area (Å²) in [6.45, 7) is 0. The Morgan fingerprint density at radius 2 is 1.85 bits per heavy atom. The molecule has 0 saturated heterocycles. The molecule has 9 heteroatoms. The molecule has 1 atom stereocenters. The molecule has 0 radical (unpaired) electrons. The molecular formula is C24H20ClF4NO3. The second-order valence-electron chi connectivity index (χ2n) is 7.70. The maximum Gasteiger partial charge on any atom is 0.416 e. The van der Waals surface area contributed by atoms with Gasteiger partial charge in [-0.1, -0.05) is 43.0 Å². The minimum Gasteiger partial charge on any atom is -0.417 e. The third-order valence-corrected chi connectivity index (χ3v) is 5.78. The fraction of sp³-hybridized carbons (Fsp3) is 0.333. The van der Waals surface area contributed by atoms with E-state index in [9.17, 15) is 27.2 Å². The normalized spacial score (nSPS) is 15.4. The number of rotatable bonds is 5. The molecule has 1 fully saturated rings. The number of ether oxygens (including phenoxy) is 1. The van der Waals surface area contributed by atoms with Gasteiger partial charge in [-0.3, -0.25) is 4.79 Å². The Kier molecular flexibility index (Phi) is 7.65. The zero-order valence-corrected chi connectivity index (χ0v) is 18.1. The van der Waals surface area contributed by atoms with Crippen LogP contribution in [0.4, 0.5) is 17.6 Å². The molecule has 0 bridgehead atoms. The van der Waals surface area contributed by atoms with E-state index in [4.69, 9.17) is 22.8 Å². The Morgan fingerprint density at radius 1 is 1.15 bits per heavy atom.